The van der Waals surface area contributed by atoms with Crippen molar-refractivity contribution in [3.05, 3.63) is 70.5 Å². The number of hydrogen-bond donors (Lipinski definition) is 1. The minimum atomic E-state index is -0.170. The van der Waals surface area contributed by atoms with Gasteiger partial charge in [0.2, 0.25) is 0 Å². The summed E-state index contributed by atoms with van der Waals surface area (Å²) >= 11 is 0. The van der Waals surface area contributed by atoms with Crippen LogP contribution in [0.3, 0.4) is 0 Å². The van der Waals surface area contributed by atoms with E-state index >= 15 is 0 Å². The smallest absolute Gasteiger partial charge is 0.259 e. The van der Waals surface area contributed by atoms with Crippen molar-refractivity contribution in [2.24, 2.45) is 0 Å². The fraction of sp³-hybridized carbons (Fsp3) is 0.238. The summed E-state index contributed by atoms with van der Waals surface area (Å²) in [6.07, 6.45) is 0. The van der Waals surface area contributed by atoms with Gasteiger partial charge in [-0.1, -0.05) is 24.3 Å². The first kappa shape index (κ1) is 17.7. The predicted octanol–water partition coefficient (Wildman–Crippen LogP) is 4.37. The molecule has 1 heterocycles. The lowest BCUT2D eigenvalue weighted by Crippen LogP contribution is -2.15. The minimum Gasteiger partial charge on any atom is -0.496 e. The molecule has 1 aromatic heterocycles. The van der Waals surface area contributed by atoms with Crippen LogP contribution in [0.2, 0.25) is 0 Å². The van der Waals surface area contributed by atoms with Crippen LogP contribution in [0.4, 0.5) is 5.69 Å². The Morgan fingerprint density at radius 2 is 1.73 bits per heavy atom. The van der Waals surface area contributed by atoms with Crippen molar-refractivity contribution in [3.63, 3.8) is 0 Å². The molecule has 0 aliphatic heterocycles. The summed E-state index contributed by atoms with van der Waals surface area (Å²) in [5, 5.41) is 7.55. The normalized spacial score (nSPS) is 10.7. The Kier molecular flexibility index (Phi) is 4.80. The zero-order chi connectivity index (χ0) is 18.8. The van der Waals surface area contributed by atoms with E-state index in [1.807, 2.05) is 70.2 Å². The van der Waals surface area contributed by atoms with Gasteiger partial charge in [0.05, 0.1) is 29.7 Å². The van der Waals surface area contributed by atoms with Gasteiger partial charge in [0, 0.05) is 11.8 Å². The molecule has 5 nitrogen and oxygen atoms in total. The van der Waals surface area contributed by atoms with Crippen LogP contribution in [-0.4, -0.2) is 22.8 Å². The largest absolute Gasteiger partial charge is 0.496 e. The van der Waals surface area contributed by atoms with E-state index in [1.165, 1.54) is 0 Å². The Hall–Kier alpha value is -3.08. The number of hydrogen-bond acceptors (Lipinski definition) is 3. The molecule has 0 spiro atoms. The number of benzene rings is 2. The van der Waals surface area contributed by atoms with Crippen LogP contribution in [0.25, 0.3) is 5.69 Å². The molecule has 0 aliphatic rings. The Morgan fingerprint density at radius 3 is 2.38 bits per heavy atom. The lowest BCUT2D eigenvalue weighted by atomic mass is 10.1. The van der Waals surface area contributed by atoms with Crippen molar-refractivity contribution in [2.75, 3.05) is 12.4 Å². The Labute approximate surface area is 153 Å². The van der Waals surface area contributed by atoms with E-state index in [9.17, 15) is 4.79 Å². The van der Waals surface area contributed by atoms with Crippen molar-refractivity contribution in [1.82, 2.24) is 9.78 Å². The first-order valence-electron chi connectivity index (χ1n) is 8.50. The maximum Gasteiger partial charge on any atom is 0.259 e. The second-order valence-corrected chi connectivity index (χ2v) is 6.38. The summed E-state index contributed by atoms with van der Waals surface area (Å²) in [7, 11) is 1.63. The van der Waals surface area contributed by atoms with Crippen molar-refractivity contribution >= 4 is 11.6 Å². The average Bonchev–Trinajstić information content (AvgIpc) is 2.92. The second kappa shape index (κ2) is 7.04. The van der Waals surface area contributed by atoms with E-state index in [0.29, 0.717) is 11.3 Å². The van der Waals surface area contributed by atoms with Crippen LogP contribution in [0, 0.1) is 27.7 Å². The Morgan fingerprint density at radius 1 is 1.04 bits per heavy atom. The van der Waals surface area contributed by atoms with Crippen LogP contribution in [-0.2, 0) is 0 Å². The molecule has 134 valence electrons. The number of amides is 1. The van der Waals surface area contributed by atoms with Crippen LogP contribution < -0.4 is 10.1 Å². The van der Waals surface area contributed by atoms with Crippen molar-refractivity contribution < 1.29 is 9.53 Å². The van der Waals surface area contributed by atoms with Gasteiger partial charge in [0.25, 0.3) is 5.91 Å². The van der Waals surface area contributed by atoms with E-state index in [1.54, 1.807) is 11.8 Å². The van der Waals surface area contributed by atoms with Gasteiger partial charge in [-0.2, -0.15) is 5.10 Å². The predicted molar refractivity (Wildman–Crippen MR) is 103 cm³/mol. The molecule has 3 rings (SSSR count). The average molecular weight is 349 g/mol. The number of carbonyl (C=O) groups excluding carboxylic acids is 1. The fourth-order valence-electron chi connectivity index (χ4n) is 3.16. The van der Waals surface area contributed by atoms with Crippen LogP contribution in [0.5, 0.6) is 5.75 Å². The summed E-state index contributed by atoms with van der Waals surface area (Å²) in [6.45, 7) is 7.71. The maximum absolute atomic E-state index is 12.9. The van der Waals surface area contributed by atoms with Gasteiger partial charge in [0.1, 0.15) is 5.75 Å². The first-order valence-corrected chi connectivity index (χ1v) is 8.50. The number of aromatic nitrogens is 2. The molecular weight excluding hydrogens is 326 g/mol. The summed E-state index contributed by atoms with van der Waals surface area (Å²) < 4.78 is 7.17. The zero-order valence-electron chi connectivity index (χ0n) is 15.8. The van der Waals surface area contributed by atoms with Gasteiger partial charge >= 0.3 is 0 Å². The van der Waals surface area contributed by atoms with Gasteiger partial charge in [0.15, 0.2) is 0 Å². The van der Waals surface area contributed by atoms with Gasteiger partial charge in [-0.05, 0) is 51.0 Å². The summed E-state index contributed by atoms with van der Waals surface area (Å²) in [5.41, 5.74) is 5.79. The Bertz CT molecular complexity index is 959. The maximum atomic E-state index is 12.9. The number of rotatable bonds is 4. The number of para-hydroxylation sites is 1. The van der Waals surface area contributed by atoms with Crippen LogP contribution in [0.15, 0.2) is 42.5 Å². The molecule has 0 aliphatic carbocycles. The number of anilines is 1. The fourth-order valence-corrected chi connectivity index (χ4v) is 3.16. The summed E-state index contributed by atoms with van der Waals surface area (Å²) in [6, 6.07) is 13.7. The molecule has 5 heteroatoms. The van der Waals surface area contributed by atoms with Crippen molar-refractivity contribution in [2.45, 2.75) is 27.7 Å². The minimum absolute atomic E-state index is 0.170. The monoisotopic (exact) mass is 349 g/mol. The zero-order valence-corrected chi connectivity index (χ0v) is 15.8. The van der Waals surface area contributed by atoms with E-state index in [2.05, 4.69) is 10.4 Å². The molecule has 0 bridgehead atoms. The summed E-state index contributed by atoms with van der Waals surface area (Å²) in [4.78, 5) is 12.9. The second-order valence-electron chi connectivity index (χ2n) is 6.38. The molecule has 26 heavy (non-hydrogen) atoms. The molecule has 3 aromatic rings. The van der Waals surface area contributed by atoms with Crippen molar-refractivity contribution in [3.8, 4) is 11.4 Å². The number of carbonyl (C=O) groups is 1. The van der Waals surface area contributed by atoms with Crippen molar-refractivity contribution in [1.29, 1.82) is 0 Å². The number of nitrogens with one attached hydrogen (secondary N) is 1. The van der Waals surface area contributed by atoms with Gasteiger partial charge in [-0.25, -0.2) is 4.68 Å². The molecule has 0 atom stereocenters. The quantitative estimate of drug-likeness (QED) is 0.761. The third kappa shape index (κ3) is 3.20. The van der Waals surface area contributed by atoms with E-state index < -0.39 is 0 Å². The molecule has 1 N–H and O–H groups in total. The van der Waals surface area contributed by atoms with Gasteiger partial charge < -0.3 is 10.1 Å². The molecule has 0 radical (unpaired) electrons. The third-order valence-corrected chi connectivity index (χ3v) is 4.51. The summed E-state index contributed by atoms with van der Waals surface area (Å²) in [5.74, 6) is 0.579. The van der Waals surface area contributed by atoms with E-state index in [-0.39, 0.29) is 5.91 Å². The topological polar surface area (TPSA) is 56.1 Å². The molecule has 1 amide bonds. The molecule has 0 saturated carbocycles. The molecule has 2 aromatic carbocycles. The number of nitrogens with zero attached hydrogens (tertiary/aromatic N) is 2. The van der Waals surface area contributed by atoms with Crippen LogP contribution >= 0.6 is 0 Å². The standard InChI is InChI=1S/C21H23N3O2/c1-13-11-14(2)19(26-5)12-18(13)22-21(25)20-15(3)23-24(16(20)4)17-9-7-6-8-10-17/h6-12H,1-5H3,(H,22,25). The number of aryl methyl sites for hydroxylation is 3. The highest BCUT2D eigenvalue weighted by Crippen LogP contribution is 2.27. The van der Waals surface area contributed by atoms with Gasteiger partial charge in [-0.3, -0.25) is 4.79 Å². The van der Waals surface area contributed by atoms with E-state index in [0.717, 1.165) is 33.9 Å². The molecule has 0 unspecified atom stereocenters. The SMILES string of the molecule is COc1cc(NC(=O)c2c(C)nn(-c3ccccc3)c2C)c(C)cc1C. The number of methoxy groups -OCH3 is 1. The highest BCUT2D eigenvalue weighted by Gasteiger charge is 2.20. The molecule has 0 fully saturated rings. The lowest BCUT2D eigenvalue weighted by molar-refractivity contribution is 0.102. The number of ether oxygens (including phenoxy) is 1. The third-order valence-electron chi connectivity index (χ3n) is 4.51. The van der Waals surface area contributed by atoms with Crippen LogP contribution in [0.1, 0.15) is 32.9 Å². The lowest BCUT2D eigenvalue weighted by Gasteiger charge is -2.13. The molecular formula is C21H23N3O2. The highest BCUT2D eigenvalue weighted by molar-refractivity contribution is 6.06. The first-order chi connectivity index (χ1) is 12.4. The van der Waals surface area contributed by atoms with Gasteiger partial charge in [-0.15, -0.1) is 0 Å². The van der Waals surface area contributed by atoms with E-state index in [4.69, 9.17) is 4.74 Å². The highest BCUT2D eigenvalue weighted by atomic mass is 16.5. The Balaban J connectivity index is 1.96. The molecule has 0 saturated heterocycles.